The Labute approximate surface area is 188 Å². The van der Waals surface area contributed by atoms with Crippen LogP contribution in [-0.4, -0.2) is 9.97 Å². The van der Waals surface area contributed by atoms with Gasteiger partial charge in [0.05, 0.1) is 0 Å². The Hall–Kier alpha value is -3.98. The van der Waals surface area contributed by atoms with Crippen LogP contribution in [0.3, 0.4) is 0 Å². The molecule has 0 aliphatic rings. The number of rotatable bonds is 5. The number of aromatic nitrogens is 2. The number of pyridine rings is 2. The average Bonchev–Trinajstić information content (AvgIpc) is 2.83. The predicted molar refractivity (Wildman–Crippen MR) is 134 cm³/mol. The molecule has 0 saturated carbocycles. The fraction of sp³-hybridized carbons (Fsp3) is 0.103. The molecular weight excluding hydrogens is 390 g/mol. The Morgan fingerprint density at radius 3 is 2.25 bits per heavy atom. The molecule has 0 spiro atoms. The highest BCUT2D eigenvalue weighted by molar-refractivity contribution is 6.10. The van der Waals surface area contributed by atoms with E-state index in [1.807, 2.05) is 18.5 Å². The van der Waals surface area contributed by atoms with Gasteiger partial charge in [-0.05, 0) is 47.6 Å². The van der Waals surface area contributed by atoms with Gasteiger partial charge in [-0.2, -0.15) is 0 Å². The lowest BCUT2D eigenvalue weighted by Gasteiger charge is -2.18. The van der Waals surface area contributed by atoms with E-state index < -0.39 is 0 Å². The third kappa shape index (κ3) is 3.85. The summed E-state index contributed by atoms with van der Waals surface area (Å²) in [5.74, 6) is 0.908. The number of nitrogens with one attached hydrogen (secondary N) is 1. The molecule has 3 heteroatoms. The standard InChI is InChI=1S/C29H25N3/c1-20-16-24(19-30-17-20)27-21(2)32-29(31-18-22-10-5-3-6-11-22)28-25(14-9-15-26(27)28)23-12-7-4-8-13-23/h3-17,19H,18H2,1-2H3,(H,31,32). The normalized spacial score (nSPS) is 10.9. The number of aryl methyl sites for hydroxylation is 2. The van der Waals surface area contributed by atoms with Crippen LogP contribution in [0.15, 0.2) is 97.3 Å². The quantitative estimate of drug-likeness (QED) is 0.330. The van der Waals surface area contributed by atoms with Gasteiger partial charge in [-0.15, -0.1) is 0 Å². The van der Waals surface area contributed by atoms with Crippen LogP contribution in [0.2, 0.25) is 0 Å². The van der Waals surface area contributed by atoms with Crippen molar-refractivity contribution >= 4 is 16.6 Å². The summed E-state index contributed by atoms with van der Waals surface area (Å²) in [5, 5.41) is 5.94. The Morgan fingerprint density at radius 2 is 1.50 bits per heavy atom. The van der Waals surface area contributed by atoms with Crippen molar-refractivity contribution in [2.45, 2.75) is 20.4 Å². The zero-order chi connectivity index (χ0) is 21.9. The van der Waals surface area contributed by atoms with Crippen LogP contribution in [0.25, 0.3) is 33.0 Å². The van der Waals surface area contributed by atoms with Crippen LogP contribution in [0.4, 0.5) is 5.82 Å². The fourth-order valence-electron chi connectivity index (χ4n) is 4.31. The molecule has 0 saturated heterocycles. The van der Waals surface area contributed by atoms with Crippen molar-refractivity contribution in [2.24, 2.45) is 0 Å². The predicted octanol–water partition coefficient (Wildman–Crippen LogP) is 7.19. The molecule has 0 aliphatic carbocycles. The topological polar surface area (TPSA) is 37.8 Å². The van der Waals surface area contributed by atoms with Crippen molar-refractivity contribution in [3.63, 3.8) is 0 Å². The van der Waals surface area contributed by atoms with E-state index in [2.05, 4.69) is 103 Å². The molecule has 1 N–H and O–H groups in total. The molecule has 5 rings (SSSR count). The molecule has 5 aromatic rings. The maximum absolute atomic E-state index is 5.07. The maximum atomic E-state index is 5.07. The van der Waals surface area contributed by atoms with Crippen molar-refractivity contribution in [1.29, 1.82) is 0 Å². The minimum atomic E-state index is 0.719. The van der Waals surface area contributed by atoms with E-state index in [9.17, 15) is 0 Å². The number of hydrogen-bond acceptors (Lipinski definition) is 3. The third-order valence-electron chi connectivity index (χ3n) is 5.76. The molecule has 2 aromatic heterocycles. The summed E-state index contributed by atoms with van der Waals surface area (Å²) in [7, 11) is 0. The Morgan fingerprint density at radius 1 is 0.750 bits per heavy atom. The van der Waals surface area contributed by atoms with Crippen LogP contribution >= 0.6 is 0 Å². The van der Waals surface area contributed by atoms with E-state index in [0.29, 0.717) is 0 Å². The molecule has 0 fully saturated rings. The van der Waals surface area contributed by atoms with E-state index >= 15 is 0 Å². The number of benzene rings is 3. The van der Waals surface area contributed by atoms with Gasteiger partial charge in [-0.1, -0.05) is 78.9 Å². The highest BCUT2D eigenvalue weighted by Crippen LogP contribution is 2.39. The highest BCUT2D eigenvalue weighted by atomic mass is 15.0. The van der Waals surface area contributed by atoms with Gasteiger partial charge in [0.1, 0.15) is 5.82 Å². The second-order valence-corrected chi connectivity index (χ2v) is 8.11. The smallest absolute Gasteiger partial charge is 0.135 e. The average molecular weight is 416 g/mol. The monoisotopic (exact) mass is 415 g/mol. The largest absolute Gasteiger partial charge is 0.365 e. The molecule has 0 aliphatic heterocycles. The van der Waals surface area contributed by atoms with Gasteiger partial charge in [0.25, 0.3) is 0 Å². The molecule has 0 bridgehead atoms. The molecule has 0 atom stereocenters. The minimum absolute atomic E-state index is 0.719. The first-order valence-electron chi connectivity index (χ1n) is 10.9. The van der Waals surface area contributed by atoms with Crippen LogP contribution in [0.5, 0.6) is 0 Å². The minimum Gasteiger partial charge on any atom is -0.365 e. The van der Waals surface area contributed by atoms with Crippen LogP contribution < -0.4 is 5.32 Å². The zero-order valence-corrected chi connectivity index (χ0v) is 18.3. The van der Waals surface area contributed by atoms with Crippen LogP contribution in [0, 0.1) is 13.8 Å². The summed E-state index contributed by atoms with van der Waals surface area (Å²) in [5.41, 5.74) is 7.95. The summed E-state index contributed by atoms with van der Waals surface area (Å²) in [6.07, 6.45) is 3.82. The zero-order valence-electron chi connectivity index (χ0n) is 18.3. The first-order chi connectivity index (χ1) is 15.7. The van der Waals surface area contributed by atoms with E-state index in [1.54, 1.807) is 0 Å². The first kappa shape index (κ1) is 20.0. The van der Waals surface area contributed by atoms with Crippen molar-refractivity contribution in [3.05, 3.63) is 114 Å². The Balaban J connectivity index is 1.75. The second kappa shape index (κ2) is 8.64. The Kier molecular flexibility index (Phi) is 5.39. The molecule has 0 amide bonds. The Bertz CT molecular complexity index is 1380. The highest BCUT2D eigenvalue weighted by Gasteiger charge is 2.17. The summed E-state index contributed by atoms with van der Waals surface area (Å²) in [6.45, 7) is 4.88. The molecule has 0 unspecified atom stereocenters. The summed E-state index contributed by atoms with van der Waals surface area (Å²) >= 11 is 0. The van der Waals surface area contributed by atoms with E-state index in [0.717, 1.165) is 40.1 Å². The summed E-state index contributed by atoms with van der Waals surface area (Å²) in [4.78, 5) is 9.51. The molecule has 0 radical (unpaired) electrons. The number of anilines is 1. The molecule has 3 nitrogen and oxygen atoms in total. The lowest BCUT2D eigenvalue weighted by Crippen LogP contribution is -2.05. The number of hydrogen-bond donors (Lipinski definition) is 1. The van der Waals surface area contributed by atoms with Gasteiger partial charge < -0.3 is 5.32 Å². The third-order valence-corrected chi connectivity index (χ3v) is 5.76. The van der Waals surface area contributed by atoms with E-state index in [1.165, 1.54) is 22.1 Å². The van der Waals surface area contributed by atoms with Gasteiger partial charge in [-0.25, -0.2) is 4.98 Å². The van der Waals surface area contributed by atoms with E-state index in [-0.39, 0.29) is 0 Å². The van der Waals surface area contributed by atoms with Gasteiger partial charge in [0.2, 0.25) is 0 Å². The molecule has 2 heterocycles. The van der Waals surface area contributed by atoms with Crippen LogP contribution in [-0.2, 0) is 6.54 Å². The SMILES string of the molecule is Cc1cncc(-c2c(C)nc(NCc3ccccc3)c3c(-c4ccccc4)cccc23)c1. The van der Waals surface area contributed by atoms with Gasteiger partial charge >= 0.3 is 0 Å². The molecule has 32 heavy (non-hydrogen) atoms. The lowest BCUT2D eigenvalue weighted by molar-refractivity contribution is 1.10. The lowest BCUT2D eigenvalue weighted by atomic mass is 9.92. The molecule has 3 aromatic carbocycles. The van der Waals surface area contributed by atoms with Gasteiger partial charge in [0, 0.05) is 41.1 Å². The first-order valence-corrected chi connectivity index (χ1v) is 10.9. The molecule has 156 valence electrons. The fourth-order valence-corrected chi connectivity index (χ4v) is 4.31. The van der Waals surface area contributed by atoms with Crippen molar-refractivity contribution in [2.75, 3.05) is 5.32 Å². The summed E-state index contributed by atoms with van der Waals surface area (Å²) in [6, 6.07) is 29.7. The van der Waals surface area contributed by atoms with E-state index in [4.69, 9.17) is 4.98 Å². The number of nitrogens with zero attached hydrogens (tertiary/aromatic N) is 2. The van der Waals surface area contributed by atoms with Crippen LogP contribution in [0.1, 0.15) is 16.8 Å². The van der Waals surface area contributed by atoms with Gasteiger partial charge in [0.15, 0.2) is 0 Å². The van der Waals surface area contributed by atoms with Crippen molar-refractivity contribution in [1.82, 2.24) is 9.97 Å². The second-order valence-electron chi connectivity index (χ2n) is 8.11. The maximum Gasteiger partial charge on any atom is 0.135 e. The van der Waals surface area contributed by atoms with Crippen molar-refractivity contribution < 1.29 is 0 Å². The summed E-state index contributed by atoms with van der Waals surface area (Å²) < 4.78 is 0. The van der Waals surface area contributed by atoms with Crippen molar-refractivity contribution in [3.8, 4) is 22.3 Å². The number of fused-ring (bicyclic) bond motifs is 1. The van der Waals surface area contributed by atoms with Gasteiger partial charge in [-0.3, -0.25) is 4.98 Å². The molecular formula is C29H25N3.